The van der Waals surface area contributed by atoms with Crippen molar-refractivity contribution in [1.82, 2.24) is 14.6 Å². The van der Waals surface area contributed by atoms with Gasteiger partial charge < -0.3 is 18.9 Å². The van der Waals surface area contributed by atoms with Crippen molar-refractivity contribution in [2.24, 2.45) is 0 Å². The number of hydrogen-bond donors (Lipinski definition) is 0. The molecule has 32 heavy (non-hydrogen) atoms. The van der Waals surface area contributed by atoms with Gasteiger partial charge in [0, 0.05) is 29.5 Å². The Bertz CT molecular complexity index is 1290. The second-order valence-corrected chi connectivity index (χ2v) is 6.69. The Morgan fingerprint density at radius 2 is 1.53 bits per heavy atom. The number of nitro benzene ring substituents is 1. The summed E-state index contributed by atoms with van der Waals surface area (Å²) in [4.78, 5) is 15.3. The molecule has 0 aliphatic rings. The van der Waals surface area contributed by atoms with Gasteiger partial charge in [0.1, 0.15) is 0 Å². The van der Waals surface area contributed by atoms with Crippen LogP contribution in [0.3, 0.4) is 0 Å². The minimum Gasteiger partial charge on any atom is -0.493 e. The van der Waals surface area contributed by atoms with Crippen molar-refractivity contribution in [1.29, 1.82) is 0 Å². The molecule has 0 aliphatic heterocycles. The molecule has 4 rings (SSSR count). The van der Waals surface area contributed by atoms with Crippen molar-refractivity contribution in [3.8, 4) is 45.5 Å². The maximum absolute atomic E-state index is 11.4. The van der Waals surface area contributed by atoms with E-state index in [9.17, 15) is 10.1 Å². The van der Waals surface area contributed by atoms with Gasteiger partial charge in [-0.1, -0.05) is 0 Å². The minimum atomic E-state index is -0.488. The Hall–Kier alpha value is -4.34. The molecule has 0 bridgehead atoms. The lowest BCUT2D eigenvalue weighted by Gasteiger charge is -2.14. The lowest BCUT2D eigenvalue weighted by atomic mass is 10.1. The molecule has 0 spiro atoms. The summed E-state index contributed by atoms with van der Waals surface area (Å²) in [6, 6.07) is 11.9. The van der Waals surface area contributed by atoms with Gasteiger partial charge in [-0.2, -0.15) is 5.10 Å². The standard InChI is InChI=1S/C22H20N4O6/c1-29-18-6-5-13(9-17(18)26(27)28)15-12-21-23-8-7-16(25(21)24-15)14-10-19(30-2)22(32-4)20(11-14)31-3/h5-12H,1-4H3. The molecule has 0 saturated heterocycles. The Morgan fingerprint density at radius 3 is 2.12 bits per heavy atom. The van der Waals surface area contributed by atoms with Crippen LogP contribution in [-0.4, -0.2) is 48.0 Å². The van der Waals surface area contributed by atoms with E-state index in [2.05, 4.69) is 10.1 Å². The zero-order chi connectivity index (χ0) is 22.8. The summed E-state index contributed by atoms with van der Waals surface area (Å²) in [6.45, 7) is 0. The van der Waals surface area contributed by atoms with Gasteiger partial charge in [0.15, 0.2) is 22.9 Å². The largest absolute Gasteiger partial charge is 0.493 e. The maximum atomic E-state index is 11.4. The van der Waals surface area contributed by atoms with Gasteiger partial charge in [-0.25, -0.2) is 9.50 Å². The van der Waals surface area contributed by atoms with E-state index in [4.69, 9.17) is 18.9 Å². The fourth-order valence-corrected chi connectivity index (χ4v) is 3.48. The summed E-state index contributed by atoms with van der Waals surface area (Å²) < 4.78 is 23.1. The lowest BCUT2D eigenvalue weighted by Crippen LogP contribution is -1.99. The predicted molar refractivity (Wildman–Crippen MR) is 117 cm³/mol. The average molecular weight is 436 g/mol. The summed E-state index contributed by atoms with van der Waals surface area (Å²) >= 11 is 0. The van der Waals surface area contributed by atoms with E-state index < -0.39 is 4.92 Å². The number of nitrogens with zero attached hydrogens (tertiary/aromatic N) is 4. The highest BCUT2D eigenvalue weighted by Crippen LogP contribution is 2.41. The molecule has 10 nitrogen and oxygen atoms in total. The van der Waals surface area contributed by atoms with Crippen LogP contribution < -0.4 is 18.9 Å². The third kappa shape index (κ3) is 3.51. The molecule has 0 saturated carbocycles. The summed E-state index contributed by atoms with van der Waals surface area (Å²) in [7, 11) is 6.02. The SMILES string of the molecule is COc1ccc(-c2cc3nccc(-c4cc(OC)c(OC)c(OC)c4)n3n2)cc1[N+](=O)[O-]. The second-order valence-electron chi connectivity index (χ2n) is 6.69. The van der Waals surface area contributed by atoms with Crippen molar-refractivity contribution in [2.75, 3.05) is 28.4 Å². The molecule has 10 heteroatoms. The van der Waals surface area contributed by atoms with Crippen LogP contribution in [0.25, 0.3) is 28.2 Å². The first kappa shape index (κ1) is 20.9. The highest BCUT2D eigenvalue weighted by molar-refractivity contribution is 5.73. The fourth-order valence-electron chi connectivity index (χ4n) is 3.48. The van der Waals surface area contributed by atoms with E-state index in [1.807, 2.05) is 12.1 Å². The van der Waals surface area contributed by atoms with Crippen molar-refractivity contribution in [3.05, 3.63) is 58.8 Å². The van der Waals surface area contributed by atoms with E-state index in [1.165, 1.54) is 13.2 Å². The maximum Gasteiger partial charge on any atom is 0.311 e. The highest BCUT2D eigenvalue weighted by Gasteiger charge is 2.19. The van der Waals surface area contributed by atoms with Crippen molar-refractivity contribution >= 4 is 11.3 Å². The van der Waals surface area contributed by atoms with E-state index in [1.54, 1.807) is 56.3 Å². The van der Waals surface area contributed by atoms with E-state index in [0.717, 1.165) is 11.3 Å². The molecule has 0 unspecified atom stereocenters. The number of nitro groups is 1. The van der Waals surface area contributed by atoms with Crippen LogP contribution in [0.5, 0.6) is 23.0 Å². The van der Waals surface area contributed by atoms with Crippen LogP contribution >= 0.6 is 0 Å². The number of aromatic nitrogens is 3. The van der Waals surface area contributed by atoms with Crippen LogP contribution in [0, 0.1) is 10.1 Å². The molecular formula is C22H20N4O6. The smallest absolute Gasteiger partial charge is 0.311 e. The first-order valence-corrected chi connectivity index (χ1v) is 9.48. The number of ether oxygens (including phenoxy) is 4. The summed E-state index contributed by atoms with van der Waals surface area (Å²) in [5.74, 6) is 1.67. The Kier molecular flexibility index (Phi) is 5.50. The third-order valence-electron chi connectivity index (χ3n) is 4.99. The van der Waals surface area contributed by atoms with Crippen LogP contribution in [0.2, 0.25) is 0 Å². The molecule has 2 aromatic carbocycles. The number of rotatable bonds is 7. The van der Waals surface area contributed by atoms with Crippen LogP contribution in [0.4, 0.5) is 5.69 Å². The molecule has 2 heterocycles. The van der Waals surface area contributed by atoms with Gasteiger partial charge in [-0.15, -0.1) is 0 Å². The third-order valence-corrected chi connectivity index (χ3v) is 4.99. The molecule has 164 valence electrons. The lowest BCUT2D eigenvalue weighted by molar-refractivity contribution is -0.385. The van der Waals surface area contributed by atoms with Crippen LogP contribution in [0.15, 0.2) is 48.7 Å². The number of fused-ring (bicyclic) bond motifs is 1. The molecule has 0 fully saturated rings. The first-order chi connectivity index (χ1) is 15.5. The van der Waals surface area contributed by atoms with Gasteiger partial charge in [-0.05, 0) is 30.3 Å². The number of methoxy groups -OCH3 is 4. The summed E-state index contributed by atoms with van der Waals surface area (Å²) in [6.07, 6.45) is 1.66. The summed E-state index contributed by atoms with van der Waals surface area (Å²) in [5, 5.41) is 16.0. The van der Waals surface area contributed by atoms with E-state index >= 15 is 0 Å². The molecule has 0 aliphatic carbocycles. The van der Waals surface area contributed by atoms with Gasteiger partial charge in [0.05, 0.1) is 44.8 Å². The van der Waals surface area contributed by atoms with E-state index in [0.29, 0.717) is 34.2 Å². The van der Waals surface area contributed by atoms with Gasteiger partial charge in [0.25, 0.3) is 0 Å². The van der Waals surface area contributed by atoms with Gasteiger partial charge in [0.2, 0.25) is 5.75 Å². The molecule has 0 amide bonds. The predicted octanol–water partition coefficient (Wildman–Crippen LogP) is 4.01. The molecular weight excluding hydrogens is 416 g/mol. The van der Waals surface area contributed by atoms with E-state index in [-0.39, 0.29) is 11.4 Å². The normalized spacial score (nSPS) is 10.8. The zero-order valence-corrected chi connectivity index (χ0v) is 17.9. The van der Waals surface area contributed by atoms with Crippen molar-refractivity contribution < 1.29 is 23.9 Å². The summed E-state index contributed by atoms with van der Waals surface area (Å²) in [5.41, 5.74) is 3.03. The molecule has 0 N–H and O–H groups in total. The minimum absolute atomic E-state index is 0.139. The van der Waals surface area contributed by atoms with Crippen LogP contribution in [0.1, 0.15) is 0 Å². The molecule has 4 aromatic rings. The van der Waals surface area contributed by atoms with Gasteiger partial charge >= 0.3 is 5.69 Å². The molecule has 2 aromatic heterocycles. The van der Waals surface area contributed by atoms with Crippen LogP contribution in [-0.2, 0) is 0 Å². The quantitative estimate of drug-likeness (QED) is 0.316. The number of hydrogen-bond acceptors (Lipinski definition) is 8. The highest BCUT2D eigenvalue weighted by atomic mass is 16.6. The monoisotopic (exact) mass is 436 g/mol. The Morgan fingerprint density at radius 1 is 0.844 bits per heavy atom. The topological polar surface area (TPSA) is 110 Å². The van der Waals surface area contributed by atoms with Crippen molar-refractivity contribution in [3.63, 3.8) is 0 Å². The average Bonchev–Trinajstić information content (AvgIpc) is 3.27. The Balaban J connectivity index is 1.87. The second kappa shape index (κ2) is 8.42. The number of benzene rings is 2. The zero-order valence-electron chi connectivity index (χ0n) is 17.9. The van der Waals surface area contributed by atoms with Crippen molar-refractivity contribution in [2.45, 2.75) is 0 Å². The first-order valence-electron chi connectivity index (χ1n) is 9.48. The molecule has 0 atom stereocenters. The Labute approximate surface area is 183 Å². The molecule has 0 radical (unpaired) electrons. The fraction of sp³-hybridized carbons (Fsp3) is 0.182. The van der Waals surface area contributed by atoms with Gasteiger partial charge in [-0.3, -0.25) is 10.1 Å².